The van der Waals surface area contributed by atoms with E-state index in [-0.39, 0.29) is 6.10 Å². The van der Waals surface area contributed by atoms with Crippen molar-refractivity contribution in [1.82, 2.24) is 0 Å². The summed E-state index contributed by atoms with van der Waals surface area (Å²) in [6.45, 7) is 16.6. The topological polar surface area (TPSA) is 20.2 Å². The molecule has 4 aliphatic rings. The quantitative estimate of drug-likeness (QED) is 0.515. The molecular formula is C27H42O. The molecule has 0 aromatic rings. The van der Waals surface area contributed by atoms with E-state index in [1.54, 1.807) is 5.57 Å². The Balaban J connectivity index is 1.59. The van der Waals surface area contributed by atoms with Crippen molar-refractivity contribution in [2.45, 2.75) is 92.1 Å². The SMILES string of the molecule is C=C(C[C@@H](C)[C@H]1CC[C@H]2C3=CC=C4CC(O)CC[C@]4(C)[C@H]3CC[C@]12C)C(C)C. The second-order valence-electron chi connectivity index (χ2n) is 11.5. The lowest BCUT2D eigenvalue weighted by Crippen LogP contribution is -2.46. The lowest BCUT2D eigenvalue weighted by atomic mass is 9.50. The summed E-state index contributed by atoms with van der Waals surface area (Å²) in [5, 5.41) is 10.2. The summed E-state index contributed by atoms with van der Waals surface area (Å²) in [4.78, 5) is 0. The van der Waals surface area contributed by atoms with Crippen LogP contribution in [0.5, 0.6) is 0 Å². The minimum Gasteiger partial charge on any atom is -0.393 e. The Morgan fingerprint density at radius 3 is 2.54 bits per heavy atom. The van der Waals surface area contributed by atoms with Crippen LogP contribution in [0.15, 0.2) is 35.5 Å². The fourth-order valence-electron chi connectivity index (χ4n) is 7.75. The Morgan fingerprint density at radius 1 is 1.07 bits per heavy atom. The molecule has 3 saturated carbocycles. The lowest BCUT2D eigenvalue weighted by molar-refractivity contribution is 0.0335. The average molecular weight is 383 g/mol. The Hall–Kier alpha value is -0.820. The van der Waals surface area contributed by atoms with Crippen LogP contribution in [0.4, 0.5) is 0 Å². The van der Waals surface area contributed by atoms with Crippen molar-refractivity contribution in [3.05, 3.63) is 35.5 Å². The molecule has 0 amide bonds. The van der Waals surface area contributed by atoms with Gasteiger partial charge in [0.05, 0.1) is 6.10 Å². The highest BCUT2D eigenvalue weighted by Crippen LogP contribution is 2.66. The van der Waals surface area contributed by atoms with Crippen LogP contribution in [0, 0.1) is 40.4 Å². The van der Waals surface area contributed by atoms with Crippen molar-refractivity contribution in [2.75, 3.05) is 0 Å². The molecule has 0 heterocycles. The number of aliphatic hydroxyl groups excluding tert-OH is 1. The molecule has 0 bridgehead atoms. The highest BCUT2D eigenvalue weighted by atomic mass is 16.3. The summed E-state index contributed by atoms with van der Waals surface area (Å²) >= 11 is 0. The molecule has 1 heteroatoms. The van der Waals surface area contributed by atoms with Gasteiger partial charge in [-0.05, 0) is 91.8 Å². The third kappa shape index (κ3) is 3.08. The average Bonchev–Trinajstić information content (AvgIpc) is 2.99. The van der Waals surface area contributed by atoms with Crippen LogP contribution in [-0.4, -0.2) is 11.2 Å². The maximum Gasteiger partial charge on any atom is 0.0578 e. The van der Waals surface area contributed by atoms with Gasteiger partial charge in [-0.1, -0.05) is 70.1 Å². The van der Waals surface area contributed by atoms with Crippen molar-refractivity contribution in [2.24, 2.45) is 40.4 Å². The van der Waals surface area contributed by atoms with E-state index in [2.05, 4.69) is 53.3 Å². The summed E-state index contributed by atoms with van der Waals surface area (Å²) in [6.07, 6.45) is 14.5. The van der Waals surface area contributed by atoms with E-state index < -0.39 is 0 Å². The molecule has 0 spiro atoms. The highest BCUT2D eigenvalue weighted by molar-refractivity contribution is 5.38. The molecule has 0 saturated heterocycles. The molecule has 4 aliphatic carbocycles. The second kappa shape index (κ2) is 7.15. The van der Waals surface area contributed by atoms with Gasteiger partial charge in [-0.25, -0.2) is 0 Å². The van der Waals surface area contributed by atoms with Gasteiger partial charge in [-0.2, -0.15) is 0 Å². The number of rotatable bonds is 4. The molecule has 0 aromatic heterocycles. The zero-order valence-corrected chi connectivity index (χ0v) is 18.9. The third-order valence-corrected chi connectivity index (χ3v) is 9.71. The van der Waals surface area contributed by atoms with E-state index >= 15 is 0 Å². The van der Waals surface area contributed by atoms with E-state index in [9.17, 15) is 5.11 Å². The molecule has 7 atom stereocenters. The zero-order valence-electron chi connectivity index (χ0n) is 18.9. The maximum absolute atomic E-state index is 10.2. The monoisotopic (exact) mass is 382 g/mol. The van der Waals surface area contributed by atoms with Crippen LogP contribution in [0.2, 0.25) is 0 Å². The van der Waals surface area contributed by atoms with Crippen LogP contribution in [0.25, 0.3) is 0 Å². The summed E-state index contributed by atoms with van der Waals surface area (Å²) < 4.78 is 0. The first-order chi connectivity index (χ1) is 13.2. The van der Waals surface area contributed by atoms with Gasteiger partial charge in [0.1, 0.15) is 0 Å². The van der Waals surface area contributed by atoms with E-state index in [4.69, 9.17) is 0 Å². The first-order valence-corrected chi connectivity index (χ1v) is 11.9. The van der Waals surface area contributed by atoms with Crippen molar-refractivity contribution >= 4 is 0 Å². The fraction of sp³-hybridized carbons (Fsp3) is 0.778. The van der Waals surface area contributed by atoms with Crippen LogP contribution < -0.4 is 0 Å². The fourth-order valence-corrected chi connectivity index (χ4v) is 7.75. The van der Waals surface area contributed by atoms with Crippen molar-refractivity contribution < 1.29 is 5.11 Å². The summed E-state index contributed by atoms with van der Waals surface area (Å²) in [5.41, 5.74) is 5.51. The number of allylic oxidation sites excluding steroid dienone is 4. The van der Waals surface area contributed by atoms with Gasteiger partial charge in [0.25, 0.3) is 0 Å². The van der Waals surface area contributed by atoms with Crippen LogP contribution >= 0.6 is 0 Å². The van der Waals surface area contributed by atoms with Gasteiger partial charge in [-0.15, -0.1) is 0 Å². The van der Waals surface area contributed by atoms with Crippen molar-refractivity contribution in [3.8, 4) is 0 Å². The highest BCUT2D eigenvalue weighted by Gasteiger charge is 2.56. The third-order valence-electron chi connectivity index (χ3n) is 9.71. The largest absolute Gasteiger partial charge is 0.393 e. The lowest BCUT2D eigenvalue weighted by Gasteiger charge is -2.55. The summed E-state index contributed by atoms with van der Waals surface area (Å²) in [6, 6.07) is 0. The number of hydrogen-bond donors (Lipinski definition) is 1. The van der Waals surface area contributed by atoms with Gasteiger partial charge in [0, 0.05) is 0 Å². The summed E-state index contributed by atoms with van der Waals surface area (Å²) in [7, 11) is 0. The first-order valence-electron chi connectivity index (χ1n) is 11.9. The molecule has 0 aliphatic heterocycles. The van der Waals surface area contributed by atoms with E-state index in [0.29, 0.717) is 16.7 Å². The zero-order chi connectivity index (χ0) is 20.3. The van der Waals surface area contributed by atoms with E-state index in [1.807, 2.05) is 0 Å². The Kier molecular flexibility index (Phi) is 5.22. The molecule has 3 fully saturated rings. The van der Waals surface area contributed by atoms with E-state index in [1.165, 1.54) is 49.7 Å². The smallest absolute Gasteiger partial charge is 0.0578 e. The number of hydrogen-bond acceptors (Lipinski definition) is 1. The maximum atomic E-state index is 10.2. The van der Waals surface area contributed by atoms with Gasteiger partial charge in [0.2, 0.25) is 0 Å². The van der Waals surface area contributed by atoms with Crippen LogP contribution in [-0.2, 0) is 0 Å². The number of aliphatic hydroxyl groups is 1. The Bertz CT molecular complexity index is 697. The molecule has 0 radical (unpaired) electrons. The van der Waals surface area contributed by atoms with Gasteiger partial charge >= 0.3 is 0 Å². The molecule has 1 unspecified atom stereocenters. The molecule has 1 N–H and O–H groups in total. The van der Waals surface area contributed by atoms with E-state index in [0.717, 1.165) is 36.5 Å². The molecule has 0 aromatic carbocycles. The van der Waals surface area contributed by atoms with Gasteiger partial charge < -0.3 is 5.11 Å². The van der Waals surface area contributed by atoms with Crippen molar-refractivity contribution in [3.63, 3.8) is 0 Å². The normalized spacial score (nSPS) is 43.5. The van der Waals surface area contributed by atoms with Crippen molar-refractivity contribution in [1.29, 1.82) is 0 Å². The molecule has 156 valence electrons. The van der Waals surface area contributed by atoms with Gasteiger partial charge in [-0.3, -0.25) is 0 Å². The minimum absolute atomic E-state index is 0.117. The molecule has 1 nitrogen and oxygen atoms in total. The van der Waals surface area contributed by atoms with Crippen LogP contribution in [0.3, 0.4) is 0 Å². The first kappa shape index (κ1) is 20.5. The predicted octanol–water partition coefficient (Wildman–Crippen LogP) is 7.08. The Labute approximate surface area is 173 Å². The number of fused-ring (bicyclic) bond motifs is 5. The Morgan fingerprint density at radius 2 is 1.82 bits per heavy atom. The molecule has 28 heavy (non-hydrogen) atoms. The second-order valence-corrected chi connectivity index (χ2v) is 11.5. The summed E-state index contributed by atoms with van der Waals surface area (Å²) in [5.74, 6) is 3.68. The predicted molar refractivity (Wildman–Crippen MR) is 119 cm³/mol. The van der Waals surface area contributed by atoms with Crippen LogP contribution in [0.1, 0.15) is 86.0 Å². The van der Waals surface area contributed by atoms with Gasteiger partial charge in [0.15, 0.2) is 0 Å². The molecule has 4 rings (SSSR count). The standard InChI is InChI=1S/C27H42O/c1-17(2)18(3)15-19(4)23-9-10-24-22-8-7-20-16-21(28)11-13-26(20,5)25(22)12-14-27(23,24)6/h7-8,17,19,21,23-25,28H,3,9-16H2,1-2,4-6H3/t19-,21?,23-,24+,25+,26+,27-/m1/s1. The molecular weight excluding hydrogens is 340 g/mol. The minimum atomic E-state index is -0.117.